The molecule has 80 valence electrons. The van der Waals surface area contributed by atoms with Crippen LogP contribution in [-0.2, 0) is 4.74 Å². The number of pyridine rings is 1. The zero-order valence-corrected chi connectivity index (χ0v) is 8.66. The molecule has 0 fully saturated rings. The van der Waals surface area contributed by atoms with E-state index in [1.165, 1.54) is 6.20 Å². The molecule has 0 aliphatic carbocycles. The Morgan fingerprint density at radius 1 is 1.67 bits per heavy atom. The highest BCUT2D eigenvalue weighted by atomic mass is 16.5. The Bertz CT molecular complexity index is 359. The van der Waals surface area contributed by atoms with Gasteiger partial charge in [-0.2, -0.15) is 5.26 Å². The van der Waals surface area contributed by atoms with Gasteiger partial charge < -0.3 is 15.8 Å². The van der Waals surface area contributed by atoms with Crippen molar-refractivity contribution in [2.45, 2.75) is 6.92 Å². The topological polar surface area (TPSA) is 84.0 Å². The van der Waals surface area contributed by atoms with Crippen molar-refractivity contribution in [3.05, 3.63) is 17.8 Å². The van der Waals surface area contributed by atoms with Crippen LogP contribution in [0, 0.1) is 11.3 Å². The molecule has 0 aromatic carbocycles. The lowest BCUT2D eigenvalue weighted by atomic mass is 10.2. The van der Waals surface area contributed by atoms with E-state index in [0.29, 0.717) is 36.8 Å². The molecule has 5 heteroatoms. The third kappa shape index (κ3) is 3.44. The number of nitrogens with two attached hydrogens (primary N) is 1. The molecule has 1 aromatic heterocycles. The maximum absolute atomic E-state index is 8.83. The van der Waals surface area contributed by atoms with E-state index in [1.807, 2.05) is 13.0 Å². The van der Waals surface area contributed by atoms with Crippen molar-refractivity contribution < 1.29 is 4.74 Å². The average Bonchev–Trinajstić information content (AvgIpc) is 2.26. The van der Waals surface area contributed by atoms with E-state index in [4.69, 9.17) is 15.7 Å². The molecule has 0 unspecified atom stereocenters. The van der Waals surface area contributed by atoms with Gasteiger partial charge in [-0.05, 0) is 13.0 Å². The van der Waals surface area contributed by atoms with Crippen LogP contribution in [0.1, 0.15) is 12.5 Å². The molecule has 0 aliphatic heterocycles. The molecule has 0 amide bonds. The van der Waals surface area contributed by atoms with E-state index in [2.05, 4.69) is 10.3 Å². The molecular weight excluding hydrogens is 192 g/mol. The van der Waals surface area contributed by atoms with Gasteiger partial charge in [-0.3, -0.25) is 0 Å². The second-order valence-electron chi connectivity index (χ2n) is 2.90. The van der Waals surface area contributed by atoms with Gasteiger partial charge in [0.05, 0.1) is 24.1 Å². The summed E-state index contributed by atoms with van der Waals surface area (Å²) in [5.74, 6) is 0.548. The minimum Gasteiger partial charge on any atom is -0.397 e. The van der Waals surface area contributed by atoms with Gasteiger partial charge in [-0.25, -0.2) is 4.98 Å². The van der Waals surface area contributed by atoms with E-state index in [1.54, 1.807) is 6.07 Å². The van der Waals surface area contributed by atoms with Gasteiger partial charge in [0.15, 0.2) is 0 Å². The summed E-state index contributed by atoms with van der Waals surface area (Å²) in [7, 11) is 0. The first kappa shape index (κ1) is 11.3. The maximum atomic E-state index is 8.83. The summed E-state index contributed by atoms with van der Waals surface area (Å²) in [4.78, 5) is 4.03. The van der Waals surface area contributed by atoms with Gasteiger partial charge >= 0.3 is 0 Å². The molecule has 5 nitrogen and oxygen atoms in total. The number of hydrogen-bond donors (Lipinski definition) is 2. The molecule has 1 rings (SSSR count). The van der Waals surface area contributed by atoms with Gasteiger partial charge in [0, 0.05) is 13.2 Å². The number of nitrogens with one attached hydrogen (secondary N) is 1. The van der Waals surface area contributed by atoms with Crippen molar-refractivity contribution in [1.29, 1.82) is 5.26 Å². The van der Waals surface area contributed by atoms with Crippen LogP contribution in [0.5, 0.6) is 0 Å². The highest BCUT2D eigenvalue weighted by molar-refractivity contribution is 5.57. The van der Waals surface area contributed by atoms with Gasteiger partial charge in [0.1, 0.15) is 11.9 Å². The van der Waals surface area contributed by atoms with E-state index in [0.717, 1.165) is 0 Å². The molecule has 0 spiro atoms. The third-order valence-corrected chi connectivity index (χ3v) is 1.77. The highest BCUT2D eigenvalue weighted by Crippen LogP contribution is 2.13. The zero-order chi connectivity index (χ0) is 11.1. The van der Waals surface area contributed by atoms with Crippen molar-refractivity contribution >= 4 is 11.5 Å². The van der Waals surface area contributed by atoms with Crippen LogP contribution in [0.25, 0.3) is 0 Å². The average molecular weight is 206 g/mol. The van der Waals surface area contributed by atoms with Crippen molar-refractivity contribution in [3.63, 3.8) is 0 Å². The number of nitrogen functional groups attached to an aromatic ring is 1. The fraction of sp³-hybridized carbons (Fsp3) is 0.400. The monoisotopic (exact) mass is 206 g/mol. The number of rotatable bonds is 5. The van der Waals surface area contributed by atoms with Crippen molar-refractivity contribution in [1.82, 2.24) is 4.98 Å². The molecule has 0 saturated carbocycles. The molecule has 0 radical (unpaired) electrons. The zero-order valence-electron chi connectivity index (χ0n) is 8.66. The molecule has 15 heavy (non-hydrogen) atoms. The van der Waals surface area contributed by atoms with Crippen LogP contribution < -0.4 is 11.1 Å². The Morgan fingerprint density at radius 3 is 3.13 bits per heavy atom. The molecule has 3 N–H and O–H groups in total. The predicted octanol–water partition coefficient (Wildman–Crippen LogP) is 0.984. The van der Waals surface area contributed by atoms with Crippen LogP contribution >= 0.6 is 0 Å². The van der Waals surface area contributed by atoms with Crippen molar-refractivity contribution in [3.8, 4) is 6.07 Å². The molecule has 0 bridgehead atoms. The summed E-state index contributed by atoms with van der Waals surface area (Å²) in [6.45, 7) is 3.83. The number of ether oxygens (including phenoxy) is 1. The number of aromatic nitrogens is 1. The first-order chi connectivity index (χ1) is 7.27. The Labute approximate surface area is 88.9 Å². The Balaban J connectivity index is 2.57. The Hall–Kier alpha value is -1.80. The fourth-order valence-corrected chi connectivity index (χ4v) is 1.09. The Morgan fingerprint density at radius 2 is 2.47 bits per heavy atom. The summed E-state index contributed by atoms with van der Waals surface area (Å²) < 4.78 is 5.15. The molecule has 0 atom stereocenters. The van der Waals surface area contributed by atoms with E-state index in [9.17, 15) is 0 Å². The second-order valence-corrected chi connectivity index (χ2v) is 2.90. The second kappa shape index (κ2) is 5.83. The van der Waals surface area contributed by atoms with Gasteiger partial charge in [-0.15, -0.1) is 0 Å². The summed E-state index contributed by atoms with van der Waals surface area (Å²) in [6.07, 6.45) is 1.52. The number of nitriles is 1. The molecule has 0 aliphatic rings. The molecule has 0 saturated heterocycles. The normalized spacial score (nSPS) is 9.60. The van der Waals surface area contributed by atoms with E-state index in [-0.39, 0.29) is 0 Å². The summed E-state index contributed by atoms with van der Waals surface area (Å²) in [5, 5.41) is 11.8. The summed E-state index contributed by atoms with van der Waals surface area (Å²) in [5.41, 5.74) is 6.45. The van der Waals surface area contributed by atoms with Gasteiger partial charge in [0.25, 0.3) is 0 Å². The largest absolute Gasteiger partial charge is 0.397 e. The first-order valence-electron chi connectivity index (χ1n) is 4.75. The third-order valence-electron chi connectivity index (χ3n) is 1.77. The molecule has 1 aromatic rings. The van der Waals surface area contributed by atoms with Crippen molar-refractivity contribution in [2.75, 3.05) is 30.8 Å². The quantitative estimate of drug-likeness (QED) is 0.702. The van der Waals surface area contributed by atoms with Crippen LogP contribution in [0.4, 0.5) is 11.5 Å². The lowest BCUT2D eigenvalue weighted by molar-refractivity contribution is 0.158. The maximum Gasteiger partial charge on any atom is 0.144 e. The van der Waals surface area contributed by atoms with Gasteiger partial charge in [-0.1, -0.05) is 0 Å². The van der Waals surface area contributed by atoms with Crippen LogP contribution in [0.3, 0.4) is 0 Å². The fourth-order valence-electron chi connectivity index (χ4n) is 1.09. The number of anilines is 2. The predicted molar refractivity (Wildman–Crippen MR) is 58.3 cm³/mol. The number of hydrogen-bond acceptors (Lipinski definition) is 5. The SMILES string of the molecule is CCOCCNc1ncc(N)cc1C#N. The Kier molecular flexibility index (Phi) is 4.38. The number of nitrogens with zero attached hydrogens (tertiary/aromatic N) is 2. The first-order valence-corrected chi connectivity index (χ1v) is 4.75. The van der Waals surface area contributed by atoms with Gasteiger partial charge in [0.2, 0.25) is 0 Å². The van der Waals surface area contributed by atoms with E-state index < -0.39 is 0 Å². The standard InChI is InChI=1S/C10H14N4O/c1-2-15-4-3-13-10-8(6-11)5-9(12)7-14-10/h5,7H,2-4,12H2,1H3,(H,13,14). The molecular formula is C10H14N4O. The van der Waals surface area contributed by atoms with Crippen LogP contribution in [-0.4, -0.2) is 24.7 Å². The summed E-state index contributed by atoms with van der Waals surface area (Å²) in [6, 6.07) is 3.62. The molecule has 1 heterocycles. The van der Waals surface area contributed by atoms with Crippen LogP contribution in [0.2, 0.25) is 0 Å². The highest BCUT2D eigenvalue weighted by Gasteiger charge is 2.02. The smallest absolute Gasteiger partial charge is 0.144 e. The lowest BCUT2D eigenvalue weighted by Gasteiger charge is -2.07. The van der Waals surface area contributed by atoms with Crippen molar-refractivity contribution in [2.24, 2.45) is 0 Å². The minimum atomic E-state index is 0.450. The lowest BCUT2D eigenvalue weighted by Crippen LogP contribution is -2.11. The van der Waals surface area contributed by atoms with E-state index >= 15 is 0 Å². The minimum absolute atomic E-state index is 0.450. The summed E-state index contributed by atoms with van der Waals surface area (Å²) >= 11 is 0. The van der Waals surface area contributed by atoms with Crippen LogP contribution in [0.15, 0.2) is 12.3 Å².